The Morgan fingerprint density at radius 3 is 2.60 bits per heavy atom. The van der Waals surface area contributed by atoms with Gasteiger partial charge in [0.1, 0.15) is 5.65 Å². The van der Waals surface area contributed by atoms with Gasteiger partial charge in [-0.15, -0.1) is 0 Å². The van der Waals surface area contributed by atoms with Gasteiger partial charge in [0.25, 0.3) is 0 Å². The fourth-order valence-electron chi connectivity index (χ4n) is 2.49. The van der Waals surface area contributed by atoms with Crippen molar-refractivity contribution < 1.29 is 9.59 Å². The van der Waals surface area contributed by atoms with Crippen LogP contribution in [0.25, 0.3) is 5.65 Å². The number of amides is 1. The molecular formula is C19H18BrN3O2. The molecule has 0 aliphatic heterocycles. The highest BCUT2D eigenvalue weighted by molar-refractivity contribution is 9.10. The van der Waals surface area contributed by atoms with E-state index in [1.807, 2.05) is 48.0 Å². The van der Waals surface area contributed by atoms with E-state index >= 15 is 0 Å². The van der Waals surface area contributed by atoms with Crippen molar-refractivity contribution >= 4 is 33.3 Å². The van der Waals surface area contributed by atoms with Crippen molar-refractivity contribution in [1.29, 1.82) is 0 Å². The first kappa shape index (κ1) is 17.4. The van der Waals surface area contributed by atoms with E-state index in [0.29, 0.717) is 12.1 Å². The highest BCUT2D eigenvalue weighted by atomic mass is 79.9. The van der Waals surface area contributed by atoms with E-state index in [4.69, 9.17) is 0 Å². The average Bonchev–Trinajstić information content (AvgIpc) is 3.00. The first-order valence-corrected chi connectivity index (χ1v) is 8.80. The molecule has 1 amide bonds. The number of rotatable bonds is 6. The number of carbonyl (C=O) groups excluding carboxylic acids is 2. The minimum atomic E-state index is -0.154. The summed E-state index contributed by atoms with van der Waals surface area (Å²) in [4.78, 5) is 28.5. The molecule has 0 saturated heterocycles. The van der Waals surface area contributed by atoms with Gasteiger partial charge < -0.3 is 9.72 Å². The maximum atomic E-state index is 12.1. The van der Waals surface area contributed by atoms with Gasteiger partial charge >= 0.3 is 0 Å². The number of nitrogens with zero attached hydrogens (tertiary/aromatic N) is 2. The van der Waals surface area contributed by atoms with Crippen molar-refractivity contribution in [3.8, 4) is 0 Å². The van der Waals surface area contributed by atoms with Crippen LogP contribution in [-0.4, -0.2) is 21.1 Å². The number of pyridine rings is 1. The third-order valence-corrected chi connectivity index (χ3v) is 4.35. The first-order chi connectivity index (χ1) is 12.0. The van der Waals surface area contributed by atoms with Gasteiger partial charge in [-0.3, -0.25) is 9.59 Å². The fraction of sp³-hybridized carbons (Fsp3) is 0.211. The van der Waals surface area contributed by atoms with Crippen LogP contribution in [0.5, 0.6) is 0 Å². The Labute approximate surface area is 154 Å². The lowest BCUT2D eigenvalue weighted by atomic mass is 10.1. The van der Waals surface area contributed by atoms with Gasteiger partial charge in [0.15, 0.2) is 5.78 Å². The van der Waals surface area contributed by atoms with Crippen molar-refractivity contribution in [1.82, 2.24) is 14.7 Å². The van der Waals surface area contributed by atoms with Gasteiger partial charge in [0, 0.05) is 35.3 Å². The molecule has 0 spiro atoms. The molecule has 2 heterocycles. The highest BCUT2D eigenvalue weighted by Crippen LogP contribution is 2.12. The Balaban J connectivity index is 1.50. The molecule has 0 fully saturated rings. The number of halogens is 1. The van der Waals surface area contributed by atoms with Crippen molar-refractivity contribution in [3.63, 3.8) is 0 Å². The number of hydrogen-bond acceptors (Lipinski definition) is 3. The zero-order chi connectivity index (χ0) is 17.8. The predicted molar refractivity (Wildman–Crippen MR) is 99.5 cm³/mol. The maximum absolute atomic E-state index is 12.1. The van der Waals surface area contributed by atoms with E-state index in [-0.39, 0.29) is 24.5 Å². The van der Waals surface area contributed by atoms with Gasteiger partial charge in [-0.1, -0.05) is 29.8 Å². The standard InChI is InChI=1S/C19H18BrN3O2/c1-13-2-4-14(5-3-13)17(24)7-9-19(25)21-10-16-12-23-11-15(20)6-8-18(23)22-16/h2-6,8,11-12H,7,9-10H2,1H3,(H,21,25). The number of ketones is 1. The van der Waals surface area contributed by atoms with E-state index in [2.05, 4.69) is 26.2 Å². The second kappa shape index (κ2) is 7.61. The summed E-state index contributed by atoms with van der Waals surface area (Å²) < 4.78 is 2.86. The van der Waals surface area contributed by atoms with E-state index in [0.717, 1.165) is 21.4 Å². The van der Waals surface area contributed by atoms with Crippen LogP contribution >= 0.6 is 15.9 Å². The molecule has 3 rings (SSSR count). The molecule has 25 heavy (non-hydrogen) atoms. The number of fused-ring (bicyclic) bond motifs is 1. The topological polar surface area (TPSA) is 63.5 Å². The lowest BCUT2D eigenvalue weighted by Gasteiger charge is -2.03. The molecule has 0 aliphatic rings. The SMILES string of the molecule is Cc1ccc(C(=O)CCC(=O)NCc2cn3cc(Br)ccc3n2)cc1. The van der Waals surface area contributed by atoms with E-state index < -0.39 is 0 Å². The van der Waals surface area contributed by atoms with Crippen molar-refractivity contribution in [2.75, 3.05) is 0 Å². The van der Waals surface area contributed by atoms with Crippen LogP contribution in [0, 0.1) is 6.92 Å². The van der Waals surface area contributed by atoms with Gasteiger partial charge in [-0.25, -0.2) is 4.98 Å². The smallest absolute Gasteiger partial charge is 0.220 e. The normalized spacial score (nSPS) is 10.8. The molecule has 0 bridgehead atoms. The number of imidazole rings is 1. The molecule has 1 aromatic carbocycles. The number of hydrogen-bond donors (Lipinski definition) is 1. The van der Waals surface area contributed by atoms with Gasteiger partial charge in [0.05, 0.1) is 12.2 Å². The van der Waals surface area contributed by atoms with Crippen molar-refractivity contribution in [2.24, 2.45) is 0 Å². The molecule has 2 aromatic heterocycles. The molecule has 3 aromatic rings. The summed E-state index contributed by atoms with van der Waals surface area (Å²) in [6.45, 7) is 2.32. The summed E-state index contributed by atoms with van der Waals surface area (Å²) >= 11 is 3.41. The van der Waals surface area contributed by atoms with Crippen LogP contribution in [0.3, 0.4) is 0 Å². The fourth-order valence-corrected chi connectivity index (χ4v) is 2.84. The highest BCUT2D eigenvalue weighted by Gasteiger charge is 2.10. The lowest BCUT2D eigenvalue weighted by Crippen LogP contribution is -2.23. The molecule has 5 nitrogen and oxygen atoms in total. The number of nitrogens with one attached hydrogen (secondary N) is 1. The summed E-state index contributed by atoms with van der Waals surface area (Å²) in [6.07, 6.45) is 4.16. The monoisotopic (exact) mass is 399 g/mol. The number of aryl methyl sites for hydroxylation is 1. The Bertz CT molecular complexity index is 916. The quantitative estimate of drug-likeness (QED) is 0.642. The number of Topliss-reactive ketones (excluding diaryl/α,β-unsaturated/α-hetero) is 1. The molecular weight excluding hydrogens is 382 g/mol. The number of benzene rings is 1. The number of aromatic nitrogens is 2. The third-order valence-electron chi connectivity index (χ3n) is 3.88. The zero-order valence-corrected chi connectivity index (χ0v) is 15.4. The van der Waals surface area contributed by atoms with Crippen LogP contribution in [0.15, 0.2) is 53.3 Å². The van der Waals surface area contributed by atoms with Gasteiger partial charge in [-0.2, -0.15) is 0 Å². The summed E-state index contributed by atoms with van der Waals surface area (Å²) in [5, 5.41) is 2.81. The third kappa shape index (κ3) is 4.54. The van der Waals surface area contributed by atoms with Crippen LogP contribution in [0.1, 0.15) is 34.5 Å². The van der Waals surface area contributed by atoms with Gasteiger partial charge in [0.2, 0.25) is 5.91 Å². The first-order valence-electron chi connectivity index (χ1n) is 8.01. The summed E-state index contributed by atoms with van der Waals surface area (Å²) in [5.41, 5.74) is 3.34. The molecule has 0 radical (unpaired) electrons. The Kier molecular flexibility index (Phi) is 5.28. The molecule has 1 N–H and O–H groups in total. The molecule has 0 saturated carbocycles. The van der Waals surface area contributed by atoms with Crippen molar-refractivity contribution in [2.45, 2.75) is 26.3 Å². The molecule has 0 atom stereocenters. The molecule has 0 unspecified atom stereocenters. The van der Waals surface area contributed by atoms with E-state index in [1.165, 1.54) is 0 Å². The van der Waals surface area contributed by atoms with Crippen LogP contribution in [0.4, 0.5) is 0 Å². The Morgan fingerprint density at radius 2 is 1.84 bits per heavy atom. The molecule has 0 aliphatic carbocycles. The molecule has 128 valence electrons. The van der Waals surface area contributed by atoms with Crippen LogP contribution in [-0.2, 0) is 11.3 Å². The number of carbonyl (C=O) groups is 2. The largest absolute Gasteiger partial charge is 0.350 e. The predicted octanol–water partition coefficient (Wildman–Crippen LogP) is 3.68. The summed E-state index contributed by atoms with van der Waals surface area (Å²) in [7, 11) is 0. The van der Waals surface area contributed by atoms with Crippen molar-refractivity contribution in [3.05, 3.63) is 70.1 Å². The minimum absolute atomic E-state index is 0.0206. The zero-order valence-electron chi connectivity index (χ0n) is 13.8. The van der Waals surface area contributed by atoms with E-state index in [1.54, 1.807) is 12.1 Å². The lowest BCUT2D eigenvalue weighted by molar-refractivity contribution is -0.121. The average molecular weight is 400 g/mol. The summed E-state index contributed by atoms with van der Waals surface area (Å²) in [6, 6.07) is 11.2. The second-order valence-corrected chi connectivity index (χ2v) is 6.83. The molecule has 6 heteroatoms. The summed E-state index contributed by atoms with van der Waals surface area (Å²) in [5.74, 6) is -0.175. The van der Waals surface area contributed by atoms with Gasteiger partial charge in [-0.05, 0) is 35.0 Å². The Hall–Kier alpha value is -2.47. The van der Waals surface area contributed by atoms with E-state index in [9.17, 15) is 9.59 Å². The minimum Gasteiger partial charge on any atom is -0.350 e. The van der Waals surface area contributed by atoms with Crippen LogP contribution in [0.2, 0.25) is 0 Å². The maximum Gasteiger partial charge on any atom is 0.220 e. The van der Waals surface area contributed by atoms with Crippen LogP contribution < -0.4 is 5.32 Å². The second-order valence-electron chi connectivity index (χ2n) is 5.91. The Morgan fingerprint density at radius 1 is 1.08 bits per heavy atom.